The predicted octanol–water partition coefficient (Wildman–Crippen LogP) is 0.310. The van der Waals surface area contributed by atoms with Crippen LogP contribution >= 0.6 is 0 Å². The van der Waals surface area contributed by atoms with Crippen molar-refractivity contribution in [3.8, 4) is 0 Å². The van der Waals surface area contributed by atoms with Gasteiger partial charge < -0.3 is 15.9 Å². The van der Waals surface area contributed by atoms with E-state index >= 15 is 0 Å². The molecular weight excluding hydrogens is 173 g/mol. The largest absolute Gasteiger partial charge is 0.394 e. The molecule has 0 radical (unpaired) electrons. The summed E-state index contributed by atoms with van der Waals surface area (Å²) < 4.78 is 12.8. The molecule has 1 atom stereocenters. The molecule has 0 aliphatic carbocycles. The Bertz CT molecular complexity index is 291. The van der Waals surface area contributed by atoms with E-state index in [2.05, 4.69) is 0 Å². The van der Waals surface area contributed by atoms with Gasteiger partial charge in [0, 0.05) is 0 Å². The van der Waals surface area contributed by atoms with Crippen LogP contribution < -0.4 is 5.73 Å². The van der Waals surface area contributed by atoms with Crippen LogP contribution in [0.5, 0.6) is 0 Å². The molecule has 0 aliphatic heterocycles. The van der Waals surface area contributed by atoms with Crippen molar-refractivity contribution in [2.24, 2.45) is 5.73 Å². The van der Waals surface area contributed by atoms with Crippen LogP contribution in [0.25, 0.3) is 0 Å². The van der Waals surface area contributed by atoms with Gasteiger partial charge in [0.2, 0.25) is 0 Å². The van der Waals surface area contributed by atoms with Gasteiger partial charge in [0.15, 0.2) is 0 Å². The average Bonchev–Trinajstić information content (AvgIpc) is 2.16. The van der Waals surface area contributed by atoms with E-state index in [9.17, 15) is 4.39 Å². The van der Waals surface area contributed by atoms with E-state index < -0.39 is 11.9 Å². The van der Waals surface area contributed by atoms with Crippen molar-refractivity contribution < 1.29 is 14.6 Å². The third kappa shape index (κ3) is 2.24. The zero-order chi connectivity index (χ0) is 9.84. The van der Waals surface area contributed by atoms with Crippen molar-refractivity contribution in [3.05, 3.63) is 35.1 Å². The highest BCUT2D eigenvalue weighted by atomic mass is 19.1. The van der Waals surface area contributed by atoms with E-state index in [-0.39, 0.29) is 13.2 Å². The van der Waals surface area contributed by atoms with E-state index in [0.717, 1.165) is 0 Å². The molecule has 1 unspecified atom stereocenters. The first-order chi connectivity index (χ1) is 6.19. The normalized spacial score (nSPS) is 12.9. The number of rotatable bonds is 3. The lowest BCUT2D eigenvalue weighted by Gasteiger charge is -2.12. The number of aliphatic hydroxyl groups excluding tert-OH is 2. The summed E-state index contributed by atoms with van der Waals surface area (Å²) in [7, 11) is 0. The quantitative estimate of drug-likeness (QED) is 0.635. The lowest BCUT2D eigenvalue weighted by atomic mass is 10.0. The molecule has 0 fully saturated rings. The van der Waals surface area contributed by atoms with Crippen LogP contribution in [-0.4, -0.2) is 16.8 Å². The molecule has 1 aromatic carbocycles. The fourth-order valence-electron chi connectivity index (χ4n) is 1.15. The van der Waals surface area contributed by atoms with Gasteiger partial charge in [-0.05, 0) is 23.3 Å². The summed E-state index contributed by atoms with van der Waals surface area (Å²) >= 11 is 0. The van der Waals surface area contributed by atoms with Crippen LogP contribution in [0, 0.1) is 5.82 Å². The van der Waals surface area contributed by atoms with Gasteiger partial charge in [-0.3, -0.25) is 0 Å². The number of nitrogens with two attached hydrogens (primary N) is 1. The minimum atomic E-state index is -0.641. The summed E-state index contributed by atoms with van der Waals surface area (Å²) in [6, 6.07) is 3.30. The SMILES string of the molecule is NC(CO)c1cc(F)ccc1CO. The molecule has 0 spiro atoms. The summed E-state index contributed by atoms with van der Waals surface area (Å²) in [5, 5.41) is 17.7. The zero-order valence-corrected chi connectivity index (χ0v) is 7.07. The highest BCUT2D eigenvalue weighted by Crippen LogP contribution is 2.17. The van der Waals surface area contributed by atoms with E-state index in [1.54, 1.807) is 0 Å². The van der Waals surface area contributed by atoms with Crippen LogP contribution in [0.2, 0.25) is 0 Å². The molecule has 0 saturated carbocycles. The third-order valence-corrected chi connectivity index (χ3v) is 1.87. The van der Waals surface area contributed by atoms with Gasteiger partial charge >= 0.3 is 0 Å². The minimum absolute atomic E-state index is 0.205. The fraction of sp³-hybridized carbons (Fsp3) is 0.333. The summed E-state index contributed by atoms with van der Waals surface area (Å²) in [6.45, 7) is -0.472. The number of hydrogen-bond acceptors (Lipinski definition) is 3. The number of aliphatic hydroxyl groups is 2. The Balaban J connectivity index is 3.07. The lowest BCUT2D eigenvalue weighted by Crippen LogP contribution is -2.16. The highest BCUT2D eigenvalue weighted by molar-refractivity contribution is 5.30. The minimum Gasteiger partial charge on any atom is -0.394 e. The molecule has 1 rings (SSSR count). The van der Waals surface area contributed by atoms with E-state index in [1.165, 1.54) is 18.2 Å². The molecular formula is C9H12FNO2. The number of hydrogen-bond donors (Lipinski definition) is 3. The van der Waals surface area contributed by atoms with Crippen LogP contribution in [0.3, 0.4) is 0 Å². The van der Waals surface area contributed by atoms with Crippen LogP contribution in [0.15, 0.2) is 18.2 Å². The Hall–Kier alpha value is -0.970. The van der Waals surface area contributed by atoms with Gasteiger partial charge in [0.1, 0.15) is 5.82 Å². The number of benzene rings is 1. The van der Waals surface area contributed by atoms with Crippen LogP contribution in [-0.2, 0) is 6.61 Å². The van der Waals surface area contributed by atoms with Crippen molar-refractivity contribution in [2.45, 2.75) is 12.6 Å². The maximum Gasteiger partial charge on any atom is 0.123 e. The second kappa shape index (κ2) is 4.32. The van der Waals surface area contributed by atoms with Gasteiger partial charge in [0.05, 0.1) is 19.3 Å². The van der Waals surface area contributed by atoms with Crippen molar-refractivity contribution >= 4 is 0 Å². The fourth-order valence-corrected chi connectivity index (χ4v) is 1.15. The van der Waals surface area contributed by atoms with Crippen LogP contribution in [0.4, 0.5) is 4.39 Å². The Kier molecular flexibility index (Phi) is 3.36. The molecule has 0 aromatic heterocycles. The number of halogens is 1. The third-order valence-electron chi connectivity index (χ3n) is 1.87. The summed E-state index contributed by atoms with van der Waals surface area (Å²) in [5.74, 6) is -0.420. The first-order valence-electron chi connectivity index (χ1n) is 3.94. The molecule has 4 heteroatoms. The van der Waals surface area contributed by atoms with Crippen molar-refractivity contribution in [1.29, 1.82) is 0 Å². The molecule has 0 saturated heterocycles. The first kappa shape index (κ1) is 10.1. The molecule has 0 bridgehead atoms. The van der Waals surface area contributed by atoms with E-state index in [4.69, 9.17) is 15.9 Å². The second-order valence-corrected chi connectivity index (χ2v) is 2.79. The molecule has 0 aliphatic rings. The molecule has 72 valence electrons. The highest BCUT2D eigenvalue weighted by Gasteiger charge is 2.10. The molecule has 0 amide bonds. The topological polar surface area (TPSA) is 66.5 Å². The Morgan fingerprint density at radius 1 is 1.38 bits per heavy atom. The van der Waals surface area contributed by atoms with Gasteiger partial charge in [0.25, 0.3) is 0 Å². The maximum atomic E-state index is 12.8. The summed E-state index contributed by atoms with van der Waals surface area (Å²) in [5.41, 5.74) is 6.51. The van der Waals surface area contributed by atoms with Crippen LogP contribution in [0.1, 0.15) is 17.2 Å². The summed E-state index contributed by atoms with van der Waals surface area (Å²) in [4.78, 5) is 0. The Labute approximate surface area is 75.6 Å². The first-order valence-corrected chi connectivity index (χ1v) is 3.94. The van der Waals surface area contributed by atoms with Gasteiger partial charge in [-0.25, -0.2) is 4.39 Å². The lowest BCUT2D eigenvalue weighted by molar-refractivity contribution is 0.258. The summed E-state index contributed by atoms with van der Waals surface area (Å²) in [6.07, 6.45) is 0. The van der Waals surface area contributed by atoms with Crippen molar-refractivity contribution in [2.75, 3.05) is 6.61 Å². The Morgan fingerprint density at radius 2 is 2.08 bits per heavy atom. The average molecular weight is 185 g/mol. The monoisotopic (exact) mass is 185 g/mol. The van der Waals surface area contributed by atoms with E-state index in [0.29, 0.717) is 11.1 Å². The van der Waals surface area contributed by atoms with Crippen molar-refractivity contribution in [3.63, 3.8) is 0 Å². The molecule has 0 heterocycles. The predicted molar refractivity (Wildman–Crippen MR) is 46.3 cm³/mol. The Morgan fingerprint density at radius 3 is 2.62 bits per heavy atom. The standard InChI is InChI=1S/C9H12FNO2/c10-7-2-1-6(4-12)8(3-7)9(11)5-13/h1-3,9,12-13H,4-5,11H2. The van der Waals surface area contributed by atoms with Gasteiger partial charge in [-0.1, -0.05) is 6.07 Å². The molecule has 4 N–H and O–H groups in total. The smallest absolute Gasteiger partial charge is 0.123 e. The second-order valence-electron chi connectivity index (χ2n) is 2.79. The molecule has 13 heavy (non-hydrogen) atoms. The molecule has 1 aromatic rings. The zero-order valence-electron chi connectivity index (χ0n) is 7.07. The molecule has 3 nitrogen and oxygen atoms in total. The maximum absolute atomic E-state index is 12.8. The van der Waals surface area contributed by atoms with Crippen molar-refractivity contribution in [1.82, 2.24) is 0 Å². The van der Waals surface area contributed by atoms with Gasteiger partial charge in [-0.15, -0.1) is 0 Å². The van der Waals surface area contributed by atoms with Gasteiger partial charge in [-0.2, -0.15) is 0 Å². The van der Waals surface area contributed by atoms with E-state index in [1.807, 2.05) is 0 Å².